The van der Waals surface area contributed by atoms with Crippen molar-refractivity contribution in [2.24, 2.45) is 5.84 Å². The van der Waals surface area contributed by atoms with Crippen molar-refractivity contribution in [3.05, 3.63) is 50.0 Å². The Morgan fingerprint density at radius 2 is 2.10 bits per heavy atom. The number of nitro groups is 1. The molecule has 1 aromatic carbocycles. The van der Waals surface area contributed by atoms with Gasteiger partial charge in [-0.15, -0.1) is 0 Å². The second-order valence-corrected chi connectivity index (χ2v) is 4.82. The first-order valence-corrected chi connectivity index (χ1v) is 6.44. The van der Waals surface area contributed by atoms with E-state index in [0.29, 0.717) is 5.56 Å². The Kier molecular flexibility index (Phi) is 4.46. The van der Waals surface area contributed by atoms with Gasteiger partial charge in [0.15, 0.2) is 5.82 Å². The van der Waals surface area contributed by atoms with Gasteiger partial charge in [0.1, 0.15) is 10.8 Å². The first-order chi connectivity index (χ1) is 9.93. The number of hydrazine groups is 1. The molecule has 1 heterocycles. The molecule has 0 unspecified atom stereocenters. The Labute approximate surface area is 129 Å². The van der Waals surface area contributed by atoms with E-state index in [1.165, 1.54) is 18.2 Å². The average molecular weight is 329 g/mol. The first kappa shape index (κ1) is 15.3. The molecular weight excluding hydrogens is 319 g/mol. The number of pyridine rings is 1. The second-order valence-electron chi connectivity index (χ2n) is 4.01. The first-order valence-electron chi connectivity index (χ1n) is 5.68. The van der Waals surface area contributed by atoms with Crippen LogP contribution in [0, 0.1) is 17.0 Å². The van der Waals surface area contributed by atoms with E-state index in [4.69, 9.17) is 33.8 Å². The van der Waals surface area contributed by atoms with Crippen LogP contribution in [0.3, 0.4) is 0 Å². The van der Waals surface area contributed by atoms with Gasteiger partial charge in [0.05, 0.1) is 15.5 Å². The summed E-state index contributed by atoms with van der Waals surface area (Å²) in [6, 6.07) is 5.87. The Hall–Kier alpha value is -2.09. The second kappa shape index (κ2) is 6.13. The van der Waals surface area contributed by atoms with E-state index in [-0.39, 0.29) is 33.2 Å². The van der Waals surface area contributed by atoms with Crippen molar-refractivity contribution in [1.82, 2.24) is 4.98 Å². The van der Waals surface area contributed by atoms with Gasteiger partial charge in [-0.1, -0.05) is 29.3 Å². The van der Waals surface area contributed by atoms with Gasteiger partial charge in [-0.2, -0.15) is 4.98 Å². The van der Waals surface area contributed by atoms with Crippen LogP contribution in [-0.4, -0.2) is 9.91 Å². The molecule has 0 atom stereocenters. The summed E-state index contributed by atoms with van der Waals surface area (Å²) >= 11 is 11.9. The predicted molar refractivity (Wildman–Crippen MR) is 80.0 cm³/mol. The molecule has 0 bridgehead atoms. The molecule has 0 aliphatic heterocycles. The third kappa shape index (κ3) is 3.15. The number of nitrogens with zero attached hydrogens (tertiary/aromatic N) is 2. The van der Waals surface area contributed by atoms with Crippen molar-refractivity contribution in [2.45, 2.75) is 6.92 Å². The zero-order valence-corrected chi connectivity index (χ0v) is 12.3. The average Bonchev–Trinajstić information content (AvgIpc) is 2.43. The van der Waals surface area contributed by atoms with Crippen molar-refractivity contribution in [3.8, 4) is 11.6 Å². The SMILES string of the molecule is Cc1c(Oc2nc(NN)c(Cl)cc2Cl)cccc1[N+](=O)[O-]. The normalized spacial score (nSPS) is 10.3. The van der Waals surface area contributed by atoms with Crippen molar-refractivity contribution in [3.63, 3.8) is 0 Å². The van der Waals surface area contributed by atoms with Crippen LogP contribution in [0.2, 0.25) is 10.0 Å². The highest BCUT2D eigenvalue weighted by Gasteiger charge is 2.17. The lowest BCUT2D eigenvalue weighted by Crippen LogP contribution is -2.09. The number of ether oxygens (including phenoxy) is 1. The lowest BCUT2D eigenvalue weighted by Gasteiger charge is -2.11. The zero-order chi connectivity index (χ0) is 15.6. The summed E-state index contributed by atoms with van der Waals surface area (Å²) in [5.74, 6) is 5.76. The standard InChI is InChI=1S/C12H10Cl2N4O3/c1-6-9(18(19)20)3-2-4-10(6)21-12-8(14)5-7(13)11(16-12)17-15/h2-5H,15H2,1H3,(H,16,17). The molecule has 0 spiro atoms. The molecule has 7 nitrogen and oxygen atoms in total. The number of rotatable bonds is 4. The van der Waals surface area contributed by atoms with Gasteiger partial charge in [-0.3, -0.25) is 10.1 Å². The Morgan fingerprint density at radius 3 is 2.71 bits per heavy atom. The smallest absolute Gasteiger partial charge is 0.276 e. The molecule has 1 aromatic heterocycles. The molecule has 21 heavy (non-hydrogen) atoms. The lowest BCUT2D eigenvalue weighted by atomic mass is 10.2. The molecule has 0 fully saturated rings. The number of nitro benzene ring substituents is 1. The van der Waals surface area contributed by atoms with Gasteiger partial charge in [0.25, 0.3) is 5.69 Å². The minimum Gasteiger partial charge on any atom is -0.437 e. The molecule has 3 N–H and O–H groups in total. The van der Waals surface area contributed by atoms with E-state index >= 15 is 0 Å². The Bertz CT molecular complexity index is 709. The Morgan fingerprint density at radius 1 is 1.38 bits per heavy atom. The van der Waals surface area contributed by atoms with Crippen LogP contribution in [0.4, 0.5) is 11.5 Å². The van der Waals surface area contributed by atoms with Gasteiger partial charge < -0.3 is 10.2 Å². The van der Waals surface area contributed by atoms with E-state index in [1.807, 2.05) is 0 Å². The molecule has 0 radical (unpaired) electrons. The van der Waals surface area contributed by atoms with E-state index in [0.717, 1.165) is 0 Å². The monoisotopic (exact) mass is 328 g/mol. The number of benzene rings is 1. The fraction of sp³-hybridized carbons (Fsp3) is 0.0833. The largest absolute Gasteiger partial charge is 0.437 e. The molecule has 0 amide bonds. The van der Waals surface area contributed by atoms with Gasteiger partial charge >= 0.3 is 0 Å². The van der Waals surface area contributed by atoms with Crippen LogP contribution in [0.25, 0.3) is 0 Å². The number of halogens is 2. The third-order valence-electron chi connectivity index (χ3n) is 2.69. The minimum atomic E-state index is -0.494. The summed E-state index contributed by atoms with van der Waals surface area (Å²) < 4.78 is 5.53. The van der Waals surface area contributed by atoms with E-state index < -0.39 is 4.92 Å². The number of nitrogens with one attached hydrogen (secondary N) is 1. The number of nitrogens with two attached hydrogens (primary N) is 1. The van der Waals surface area contributed by atoms with Gasteiger partial charge in [-0.05, 0) is 19.1 Å². The van der Waals surface area contributed by atoms with Crippen LogP contribution in [-0.2, 0) is 0 Å². The van der Waals surface area contributed by atoms with Gasteiger partial charge in [0, 0.05) is 6.07 Å². The molecule has 0 aliphatic carbocycles. The van der Waals surface area contributed by atoms with Gasteiger partial charge in [0.2, 0.25) is 5.88 Å². The van der Waals surface area contributed by atoms with E-state index in [1.54, 1.807) is 13.0 Å². The highest BCUT2D eigenvalue weighted by Crippen LogP contribution is 2.36. The topological polar surface area (TPSA) is 103 Å². The summed E-state index contributed by atoms with van der Waals surface area (Å²) in [7, 11) is 0. The van der Waals surface area contributed by atoms with Gasteiger partial charge in [-0.25, -0.2) is 5.84 Å². The highest BCUT2D eigenvalue weighted by molar-refractivity contribution is 6.36. The number of aromatic nitrogens is 1. The molecule has 2 aromatic rings. The fourth-order valence-electron chi connectivity index (χ4n) is 1.64. The molecule has 0 saturated heterocycles. The number of nitrogen functional groups attached to an aromatic ring is 1. The molecule has 0 saturated carbocycles. The highest BCUT2D eigenvalue weighted by atomic mass is 35.5. The fourth-order valence-corrected chi connectivity index (χ4v) is 2.09. The maximum Gasteiger partial charge on any atom is 0.276 e. The molecule has 110 valence electrons. The van der Waals surface area contributed by atoms with E-state index in [9.17, 15) is 10.1 Å². The quantitative estimate of drug-likeness (QED) is 0.504. The van der Waals surface area contributed by atoms with Crippen molar-refractivity contribution < 1.29 is 9.66 Å². The van der Waals surface area contributed by atoms with E-state index in [2.05, 4.69) is 10.4 Å². The van der Waals surface area contributed by atoms with Crippen LogP contribution in [0.15, 0.2) is 24.3 Å². The summed E-state index contributed by atoms with van der Waals surface area (Å²) in [6.07, 6.45) is 0. The molecule has 2 rings (SSSR count). The van der Waals surface area contributed by atoms with Crippen molar-refractivity contribution >= 4 is 34.7 Å². The summed E-state index contributed by atoms with van der Waals surface area (Å²) in [5.41, 5.74) is 2.60. The maximum absolute atomic E-state index is 10.9. The Balaban J connectivity index is 2.43. The lowest BCUT2D eigenvalue weighted by molar-refractivity contribution is -0.385. The summed E-state index contributed by atoms with van der Waals surface area (Å²) in [4.78, 5) is 14.4. The number of hydrogen-bond donors (Lipinski definition) is 2. The minimum absolute atomic E-state index is 0.0395. The summed E-state index contributed by atoms with van der Waals surface area (Å²) in [6.45, 7) is 1.57. The van der Waals surface area contributed by atoms with Crippen molar-refractivity contribution in [2.75, 3.05) is 5.43 Å². The van der Waals surface area contributed by atoms with Crippen molar-refractivity contribution in [1.29, 1.82) is 0 Å². The van der Waals surface area contributed by atoms with Crippen LogP contribution in [0.5, 0.6) is 11.6 Å². The van der Waals surface area contributed by atoms with Crippen LogP contribution >= 0.6 is 23.2 Å². The van der Waals surface area contributed by atoms with Crippen LogP contribution in [0.1, 0.15) is 5.56 Å². The molecular formula is C12H10Cl2N4O3. The molecule has 0 aliphatic rings. The molecule has 9 heteroatoms. The summed E-state index contributed by atoms with van der Waals surface area (Å²) in [5, 5.41) is 11.3. The number of hydrogen-bond acceptors (Lipinski definition) is 6. The third-order valence-corrected chi connectivity index (χ3v) is 3.25. The predicted octanol–water partition coefficient (Wildman–Crippen LogP) is 3.68. The maximum atomic E-state index is 10.9. The number of anilines is 1. The van der Waals surface area contributed by atoms with Crippen LogP contribution < -0.4 is 16.0 Å². The zero-order valence-electron chi connectivity index (χ0n) is 10.8.